The number of ether oxygens (including phenoxy) is 1. The Morgan fingerprint density at radius 2 is 1.88 bits per heavy atom. The molecule has 1 saturated heterocycles. The van der Waals surface area contributed by atoms with Gasteiger partial charge in [-0.3, -0.25) is 4.79 Å². The molecule has 0 aliphatic carbocycles. The van der Waals surface area contributed by atoms with Gasteiger partial charge >= 0.3 is 0 Å². The van der Waals surface area contributed by atoms with Gasteiger partial charge < -0.3 is 15.0 Å². The van der Waals surface area contributed by atoms with Gasteiger partial charge in [-0.2, -0.15) is 0 Å². The molecule has 1 heterocycles. The van der Waals surface area contributed by atoms with E-state index in [0.717, 1.165) is 43.6 Å². The Hall–Kier alpha value is -2.04. The molecule has 1 N–H and O–H groups in total. The summed E-state index contributed by atoms with van der Waals surface area (Å²) in [6.45, 7) is 5.30. The molecule has 0 bridgehead atoms. The van der Waals surface area contributed by atoms with Crippen molar-refractivity contribution in [2.75, 3.05) is 26.2 Å². The Morgan fingerprint density at radius 1 is 1.15 bits per heavy atom. The second kappa shape index (κ2) is 9.06. The van der Waals surface area contributed by atoms with Crippen molar-refractivity contribution >= 4 is 17.5 Å². The van der Waals surface area contributed by atoms with Crippen LogP contribution in [-0.4, -0.2) is 43.1 Å². The SMILES string of the molecule is CCN1CCC(NC(=O)COc2ccc(-c3ccccc3)cc2Cl)CC1. The third-order valence-electron chi connectivity index (χ3n) is 4.80. The summed E-state index contributed by atoms with van der Waals surface area (Å²) in [6.07, 6.45) is 1.98. The van der Waals surface area contributed by atoms with Gasteiger partial charge in [-0.15, -0.1) is 0 Å². The zero-order chi connectivity index (χ0) is 18.4. The Balaban J connectivity index is 1.51. The zero-order valence-electron chi connectivity index (χ0n) is 15.1. The van der Waals surface area contributed by atoms with E-state index in [9.17, 15) is 4.79 Å². The summed E-state index contributed by atoms with van der Waals surface area (Å²) in [5, 5.41) is 3.57. The van der Waals surface area contributed by atoms with Gasteiger partial charge in [0, 0.05) is 19.1 Å². The predicted octanol–water partition coefficient (Wildman–Crippen LogP) is 3.99. The molecular weight excluding hydrogens is 348 g/mol. The third-order valence-corrected chi connectivity index (χ3v) is 5.09. The largest absolute Gasteiger partial charge is 0.482 e. The highest BCUT2D eigenvalue weighted by atomic mass is 35.5. The molecule has 0 atom stereocenters. The molecule has 1 fully saturated rings. The smallest absolute Gasteiger partial charge is 0.258 e. The van der Waals surface area contributed by atoms with Crippen LogP contribution in [0.3, 0.4) is 0 Å². The first-order chi connectivity index (χ1) is 12.7. The van der Waals surface area contributed by atoms with E-state index in [-0.39, 0.29) is 18.6 Å². The molecule has 2 aromatic rings. The molecule has 2 aromatic carbocycles. The number of carbonyl (C=O) groups is 1. The van der Waals surface area contributed by atoms with Crippen LogP contribution in [0, 0.1) is 0 Å². The number of rotatable bonds is 6. The summed E-state index contributed by atoms with van der Waals surface area (Å²) >= 11 is 6.32. The molecule has 0 spiro atoms. The van der Waals surface area contributed by atoms with Crippen molar-refractivity contribution in [3.63, 3.8) is 0 Å². The van der Waals surface area contributed by atoms with Crippen molar-refractivity contribution in [3.8, 4) is 16.9 Å². The van der Waals surface area contributed by atoms with Crippen LogP contribution in [-0.2, 0) is 4.79 Å². The van der Waals surface area contributed by atoms with Gasteiger partial charge in [0.1, 0.15) is 5.75 Å². The molecule has 0 radical (unpaired) electrons. The van der Waals surface area contributed by atoms with E-state index < -0.39 is 0 Å². The number of halogens is 1. The molecule has 0 unspecified atom stereocenters. The fourth-order valence-corrected chi connectivity index (χ4v) is 3.47. The van der Waals surface area contributed by atoms with Crippen LogP contribution in [0.5, 0.6) is 5.75 Å². The van der Waals surface area contributed by atoms with Gasteiger partial charge in [0.25, 0.3) is 5.91 Å². The maximum absolute atomic E-state index is 12.1. The van der Waals surface area contributed by atoms with Gasteiger partial charge in [0.2, 0.25) is 0 Å². The van der Waals surface area contributed by atoms with Gasteiger partial charge in [0.05, 0.1) is 5.02 Å². The van der Waals surface area contributed by atoms with Crippen LogP contribution in [0.25, 0.3) is 11.1 Å². The number of amides is 1. The maximum Gasteiger partial charge on any atom is 0.258 e. The molecule has 138 valence electrons. The average molecular weight is 373 g/mol. The van der Waals surface area contributed by atoms with Crippen LogP contribution in [0.2, 0.25) is 5.02 Å². The van der Waals surface area contributed by atoms with Crippen LogP contribution >= 0.6 is 11.6 Å². The highest BCUT2D eigenvalue weighted by Gasteiger charge is 2.19. The summed E-state index contributed by atoms with van der Waals surface area (Å²) in [6, 6.07) is 15.9. The van der Waals surface area contributed by atoms with Crippen molar-refractivity contribution in [2.24, 2.45) is 0 Å². The van der Waals surface area contributed by atoms with Gasteiger partial charge in [-0.1, -0.05) is 54.9 Å². The Labute approximate surface area is 160 Å². The fraction of sp³-hybridized carbons (Fsp3) is 0.381. The number of carbonyl (C=O) groups excluding carboxylic acids is 1. The van der Waals surface area contributed by atoms with Crippen LogP contribution in [0.1, 0.15) is 19.8 Å². The van der Waals surface area contributed by atoms with E-state index >= 15 is 0 Å². The fourth-order valence-electron chi connectivity index (χ4n) is 3.23. The summed E-state index contributed by atoms with van der Waals surface area (Å²) < 4.78 is 5.62. The molecule has 4 nitrogen and oxygen atoms in total. The maximum atomic E-state index is 12.1. The Kier molecular flexibility index (Phi) is 6.53. The second-order valence-electron chi connectivity index (χ2n) is 6.58. The molecule has 5 heteroatoms. The van der Waals surface area contributed by atoms with E-state index in [0.29, 0.717) is 10.8 Å². The predicted molar refractivity (Wildman–Crippen MR) is 106 cm³/mol. The van der Waals surface area contributed by atoms with Crippen LogP contribution < -0.4 is 10.1 Å². The number of likely N-dealkylation sites (tertiary alicyclic amines) is 1. The monoisotopic (exact) mass is 372 g/mol. The summed E-state index contributed by atoms with van der Waals surface area (Å²) in [5.41, 5.74) is 2.12. The van der Waals surface area contributed by atoms with Gasteiger partial charge in [-0.05, 0) is 42.6 Å². The molecule has 0 saturated carbocycles. The van der Waals surface area contributed by atoms with Crippen molar-refractivity contribution < 1.29 is 9.53 Å². The van der Waals surface area contributed by atoms with Crippen molar-refractivity contribution in [1.82, 2.24) is 10.2 Å². The molecule has 26 heavy (non-hydrogen) atoms. The summed E-state index contributed by atoms with van der Waals surface area (Å²) in [4.78, 5) is 14.5. The zero-order valence-corrected chi connectivity index (χ0v) is 15.8. The average Bonchev–Trinajstić information content (AvgIpc) is 2.68. The van der Waals surface area contributed by atoms with E-state index in [1.54, 1.807) is 0 Å². The van der Waals surface area contributed by atoms with Gasteiger partial charge in [-0.25, -0.2) is 0 Å². The lowest BCUT2D eigenvalue weighted by Crippen LogP contribution is -2.45. The second-order valence-corrected chi connectivity index (χ2v) is 6.98. The Morgan fingerprint density at radius 3 is 2.54 bits per heavy atom. The number of hydrogen-bond acceptors (Lipinski definition) is 3. The molecule has 1 aliphatic rings. The minimum absolute atomic E-state index is 0.0155. The minimum atomic E-state index is -0.0943. The van der Waals surface area contributed by atoms with Crippen molar-refractivity contribution in [2.45, 2.75) is 25.8 Å². The number of nitrogens with one attached hydrogen (secondary N) is 1. The number of nitrogens with zero attached hydrogens (tertiary/aromatic N) is 1. The first-order valence-corrected chi connectivity index (χ1v) is 9.53. The van der Waals surface area contributed by atoms with E-state index in [4.69, 9.17) is 16.3 Å². The highest BCUT2D eigenvalue weighted by Crippen LogP contribution is 2.30. The lowest BCUT2D eigenvalue weighted by Gasteiger charge is -2.31. The van der Waals surface area contributed by atoms with Crippen molar-refractivity contribution in [3.05, 3.63) is 53.6 Å². The summed E-state index contributed by atoms with van der Waals surface area (Å²) in [5.74, 6) is 0.436. The van der Waals surface area contributed by atoms with Crippen LogP contribution in [0.15, 0.2) is 48.5 Å². The molecule has 3 rings (SSSR count). The number of piperidine rings is 1. The molecule has 1 aliphatic heterocycles. The molecule has 0 aromatic heterocycles. The number of benzene rings is 2. The van der Waals surface area contributed by atoms with E-state index in [1.165, 1.54) is 0 Å². The minimum Gasteiger partial charge on any atom is -0.482 e. The topological polar surface area (TPSA) is 41.6 Å². The lowest BCUT2D eigenvalue weighted by molar-refractivity contribution is -0.124. The standard InChI is InChI=1S/C21H25ClN2O2/c1-2-24-12-10-18(11-13-24)23-21(25)15-26-20-9-8-17(14-19(20)22)16-6-4-3-5-7-16/h3-9,14,18H,2,10-13,15H2,1H3,(H,23,25). The van der Waals surface area contributed by atoms with Crippen molar-refractivity contribution in [1.29, 1.82) is 0 Å². The number of hydrogen-bond donors (Lipinski definition) is 1. The Bertz CT molecular complexity index is 728. The molecular formula is C21H25ClN2O2. The first-order valence-electron chi connectivity index (χ1n) is 9.15. The normalized spacial score (nSPS) is 15.6. The first kappa shape index (κ1) is 18.7. The third kappa shape index (κ3) is 4.99. The van der Waals surface area contributed by atoms with Gasteiger partial charge in [0.15, 0.2) is 6.61 Å². The summed E-state index contributed by atoms with van der Waals surface area (Å²) in [7, 11) is 0. The molecule has 1 amide bonds. The van der Waals surface area contributed by atoms with Crippen LogP contribution in [0.4, 0.5) is 0 Å². The lowest BCUT2D eigenvalue weighted by atomic mass is 10.1. The quantitative estimate of drug-likeness (QED) is 0.833. The highest BCUT2D eigenvalue weighted by molar-refractivity contribution is 6.32. The van der Waals surface area contributed by atoms with E-state index in [1.807, 2.05) is 48.5 Å². The van der Waals surface area contributed by atoms with E-state index in [2.05, 4.69) is 17.1 Å².